The van der Waals surface area contributed by atoms with Gasteiger partial charge in [-0.1, -0.05) is 29.8 Å². The Morgan fingerprint density at radius 2 is 2.00 bits per heavy atom. The third-order valence-corrected chi connectivity index (χ3v) is 4.59. The van der Waals surface area contributed by atoms with Crippen LogP contribution in [0.2, 0.25) is 5.02 Å². The number of hydrogen-bond donors (Lipinski definition) is 1. The fourth-order valence-corrected chi connectivity index (χ4v) is 2.79. The van der Waals surface area contributed by atoms with Gasteiger partial charge in [0.2, 0.25) is 5.91 Å². The number of nitrogens with one attached hydrogen (secondary N) is 1. The Bertz CT molecular complexity index is 631. The Hall–Kier alpha value is -1.65. The van der Waals surface area contributed by atoms with E-state index in [1.807, 2.05) is 49.4 Å². The number of carbonyl (C=O) groups is 1. The van der Waals surface area contributed by atoms with Crippen LogP contribution in [0.25, 0.3) is 0 Å². The molecule has 1 atom stereocenters. The number of rotatable bonds is 6. The van der Waals surface area contributed by atoms with E-state index in [9.17, 15) is 4.79 Å². The molecule has 3 nitrogen and oxygen atoms in total. The molecule has 0 radical (unpaired) electrons. The van der Waals surface area contributed by atoms with E-state index in [4.69, 9.17) is 16.3 Å². The average molecular weight is 336 g/mol. The lowest BCUT2D eigenvalue weighted by molar-refractivity contribution is -0.115. The van der Waals surface area contributed by atoms with E-state index in [1.165, 1.54) is 0 Å². The molecule has 116 valence electrons. The Balaban J connectivity index is 1.87. The topological polar surface area (TPSA) is 38.3 Å². The molecule has 0 spiro atoms. The van der Waals surface area contributed by atoms with Crippen LogP contribution in [0.1, 0.15) is 12.5 Å². The van der Waals surface area contributed by atoms with Crippen LogP contribution in [0.5, 0.6) is 5.75 Å². The Labute approximate surface area is 140 Å². The number of halogens is 1. The van der Waals surface area contributed by atoms with Gasteiger partial charge in [0.1, 0.15) is 5.75 Å². The highest BCUT2D eigenvalue weighted by atomic mass is 35.5. The molecule has 2 aromatic carbocycles. The van der Waals surface area contributed by atoms with Crippen LogP contribution in [0.4, 0.5) is 5.69 Å². The molecule has 0 saturated carbocycles. The lowest BCUT2D eigenvalue weighted by Crippen LogP contribution is -2.22. The minimum Gasteiger partial charge on any atom is -0.497 e. The summed E-state index contributed by atoms with van der Waals surface area (Å²) in [7, 11) is 1.60. The number of thioether (sulfide) groups is 1. The van der Waals surface area contributed by atoms with Crippen molar-refractivity contribution in [2.24, 2.45) is 0 Å². The highest BCUT2D eigenvalue weighted by molar-refractivity contribution is 7.99. The lowest BCUT2D eigenvalue weighted by atomic mass is 10.2. The number of carbonyl (C=O) groups excluding carboxylic acids is 1. The van der Waals surface area contributed by atoms with Gasteiger partial charge >= 0.3 is 0 Å². The van der Waals surface area contributed by atoms with E-state index < -0.39 is 0 Å². The van der Waals surface area contributed by atoms with Gasteiger partial charge in [-0.3, -0.25) is 4.79 Å². The van der Waals surface area contributed by atoms with Crippen molar-refractivity contribution in [2.45, 2.75) is 17.9 Å². The summed E-state index contributed by atoms with van der Waals surface area (Å²) in [6.07, 6.45) is 0. The van der Waals surface area contributed by atoms with Gasteiger partial charge in [-0.05, 0) is 36.8 Å². The number of methoxy groups -OCH3 is 1. The van der Waals surface area contributed by atoms with Crippen LogP contribution in [-0.4, -0.2) is 18.3 Å². The van der Waals surface area contributed by atoms with Crippen molar-refractivity contribution < 1.29 is 9.53 Å². The largest absolute Gasteiger partial charge is 0.497 e. The zero-order chi connectivity index (χ0) is 15.9. The third-order valence-electron chi connectivity index (χ3n) is 3.12. The molecule has 1 amide bonds. The maximum atomic E-state index is 12.2. The fraction of sp³-hybridized carbons (Fsp3) is 0.235. The standard InChI is InChI=1S/C17H18ClNO2S/c1-12(22-11-13-6-8-14(18)9-7-13)17(20)19-15-4-3-5-16(10-15)21-2/h3-10,12H,11H2,1-2H3,(H,19,20)/t12-/m1/s1. The van der Waals surface area contributed by atoms with Gasteiger partial charge in [0.15, 0.2) is 0 Å². The number of ether oxygens (including phenoxy) is 1. The molecular weight excluding hydrogens is 318 g/mol. The summed E-state index contributed by atoms with van der Waals surface area (Å²) < 4.78 is 5.14. The number of amides is 1. The molecule has 0 fully saturated rings. The highest BCUT2D eigenvalue weighted by Gasteiger charge is 2.14. The van der Waals surface area contributed by atoms with Crippen molar-refractivity contribution in [2.75, 3.05) is 12.4 Å². The number of anilines is 1. The van der Waals surface area contributed by atoms with E-state index in [1.54, 1.807) is 24.9 Å². The van der Waals surface area contributed by atoms with E-state index in [0.29, 0.717) is 0 Å². The molecule has 1 N–H and O–H groups in total. The molecular formula is C17H18ClNO2S. The molecule has 2 aromatic rings. The highest BCUT2D eigenvalue weighted by Crippen LogP contribution is 2.22. The molecule has 0 bridgehead atoms. The van der Waals surface area contributed by atoms with Crippen molar-refractivity contribution in [3.8, 4) is 5.75 Å². The van der Waals surface area contributed by atoms with Gasteiger partial charge in [0, 0.05) is 22.5 Å². The molecule has 0 aliphatic rings. The molecule has 0 heterocycles. The van der Waals surface area contributed by atoms with Gasteiger partial charge in [0.25, 0.3) is 0 Å². The van der Waals surface area contributed by atoms with Gasteiger partial charge in [0.05, 0.1) is 12.4 Å². The first-order valence-corrected chi connectivity index (χ1v) is 8.32. The van der Waals surface area contributed by atoms with E-state index in [-0.39, 0.29) is 11.2 Å². The summed E-state index contributed by atoms with van der Waals surface area (Å²) in [5, 5.41) is 3.47. The SMILES string of the molecule is COc1cccc(NC(=O)[C@@H](C)SCc2ccc(Cl)cc2)c1. The summed E-state index contributed by atoms with van der Waals surface area (Å²) in [6, 6.07) is 15.0. The van der Waals surface area contributed by atoms with E-state index >= 15 is 0 Å². The van der Waals surface area contributed by atoms with Gasteiger partial charge in [-0.15, -0.1) is 11.8 Å². The summed E-state index contributed by atoms with van der Waals surface area (Å²) in [6.45, 7) is 1.90. The molecule has 0 aliphatic carbocycles. The molecule has 2 rings (SSSR count). The zero-order valence-electron chi connectivity index (χ0n) is 12.5. The minimum atomic E-state index is -0.151. The second-order valence-electron chi connectivity index (χ2n) is 4.80. The first-order valence-electron chi connectivity index (χ1n) is 6.89. The first-order chi connectivity index (χ1) is 10.6. The summed E-state index contributed by atoms with van der Waals surface area (Å²) >= 11 is 7.44. The minimum absolute atomic E-state index is 0.0211. The fourth-order valence-electron chi connectivity index (χ4n) is 1.82. The van der Waals surface area contributed by atoms with Gasteiger partial charge in [-0.2, -0.15) is 0 Å². The molecule has 5 heteroatoms. The smallest absolute Gasteiger partial charge is 0.237 e. The van der Waals surface area contributed by atoms with Crippen molar-refractivity contribution in [1.82, 2.24) is 0 Å². The quantitative estimate of drug-likeness (QED) is 0.837. The maximum absolute atomic E-state index is 12.2. The Morgan fingerprint density at radius 3 is 2.68 bits per heavy atom. The van der Waals surface area contributed by atoms with Crippen LogP contribution in [-0.2, 0) is 10.5 Å². The first kappa shape index (κ1) is 16.7. The normalized spacial score (nSPS) is 11.8. The second kappa shape index (κ2) is 8.11. The lowest BCUT2D eigenvalue weighted by Gasteiger charge is -2.12. The summed E-state index contributed by atoms with van der Waals surface area (Å²) in [5.74, 6) is 1.47. The Morgan fingerprint density at radius 1 is 1.27 bits per heavy atom. The molecule has 0 unspecified atom stereocenters. The van der Waals surface area contributed by atoms with Gasteiger partial charge < -0.3 is 10.1 Å². The average Bonchev–Trinajstić information content (AvgIpc) is 2.54. The van der Waals surface area contributed by atoms with Crippen molar-refractivity contribution in [1.29, 1.82) is 0 Å². The number of hydrogen-bond acceptors (Lipinski definition) is 3. The third kappa shape index (κ3) is 4.97. The molecule has 22 heavy (non-hydrogen) atoms. The molecule has 0 saturated heterocycles. The predicted molar refractivity (Wildman–Crippen MR) is 93.8 cm³/mol. The van der Waals surface area contributed by atoms with Crippen LogP contribution in [0, 0.1) is 0 Å². The van der Waals surface area contributed by atoms with Crippen LogP contribution in [0.3, 0.4) is 0 Å². The van der Waals surface area contributed by atoms with Crippen molar-refractivity contribution >= 4 is 35.0 Å². The monoisotopic (exact) mass is 335 g/mol. The second-order valence-corrected chi connectivity index (χ2v) is 6.57. The Kier molecular flexibility index (Phi) is 6.16. The van der Waals surface area contributed by atoms with E-state index in [0.717, 1.165) is 27.8 Å². The van der Waals surface area contributed by atoms with Crippen molar-refractivity contribution in [3.05, 3.63) is 59.1 Å². The van der Waals surface area contributed by atoms with Crippen LogP contribution >= 0.6 is 23.4 Å². The van der Waals surface area contributed by atoms with Gasteiger partial charge in [-0.25, -0.2) is 0 Å². The maximum Gasteiger partial charge on any atom is 0.237 e. The van der Waals surface area contributed by atoms with Crippen LogP contribution < -0.4 is 10.1 Å². The molecule has 0 aliphatic heterocycles. The van der Waals surface area contributed by atoms with E-state index in [2.05, 4.69) is 5.32 Å². The van der Waals surface area contributed by atoms with Crippen molar-refractivity contribution in [3.63, 3.8) is 0 Å². The van der Waals surface area contributed by atoms with Crippen LogP contribution in [0.15, 0.2) is 48.5 Å². The number of benzene rings is 2. The summed E-state index contributed by atoms with van der Waals surface area (Å²) in [4.78, 5) is 12.2. The molecule has 0 aromatic heterocycles. The zero-order valence-corrected chi connectivity index (χ0v) is 14.1. The predicted octanol–water partition coefficient (Wildman–Crippen LogP) is 4.61. The summed E-state index contributed by atoms with van der Waals surface area (Å²) in [5.41, 5.74) is 1.89.